The molecule has 0 atom stereocenters. The average molecular weight is 265 g/mol. The zero-order valence-corrected chi connectivity index (χ0v) is 10.5. The maximum absolute atomic E-state index is 11.8. The molecule has 0 bridgehead atoms. The van der Waals surface area contributed by atoms with Crippen LogP contribution in [0.5, 0.6) is 5.75 Å². The Balaban J connectivity index is 1.80. The highest BCUT2D eigenvalue weighted by Crippen LogP contribution is 2.25. The zero-order chi connectivity index (χ0) is 13.9. The molecule has 0 saturated carbocycles. The summed E-state index contributed by atoms with van der Waals surface area (Å²) in [6.07, 6.45) is -0.456. The SMILES string of the molecule is CC1(OCC(=O)O)CN(C(=O)Oc2ccccc2)C1. The number of hydrogen-bond donors (Lipinski definition) is 1. The van der Waals surface area contributed by atoms with E-state index in [4.69, 9.17) is 14.6 Å². The topological polar surface area (TPSA) is 76.1 Å². The highest BCUT2D eigenvalue weighted by molar-refractivity contribution is 5.72. The molecule has 0 unspecified atom stereocenters. The number of carbonyl (C=O) groups excluding carboxylic acids is 1. The Labute approximate surface area is 110 Å². The first kappa shape index (κ1) is 13.4. The second-order valence-electron chi connectivity index (χ2n) is 4.67. The van der Waals surface area contributed by atoms with Crippen LogP contribution in [-0.4, -0.2) is 47.4 Å². The van der Waals surface area contributed by atoms with Crippen molar-refractivity contribution in [2.75, 3.05) is 19.7 Å². The summed E-state index contributed by atoms with van der Waals surface area (Å²) < 4.78 is 10.4. The lowest BCUT2D eigenvalue weighted by Gasteiger charge is -2.46. The van der Waals surface area contributed by atoms with E-state index in [0.717, 1.165) is 0 Å². The van der Waals surface area contributed by atoms with Crippen molar-refractivity contribution in [1.29, 1.82) is 0 Å². The van der Waals surface area contributed by atoms with Gasteiger partial charge < -0.3 is 19.5 Å². The van der Waals surface area contributed by atoms with Gasteiger partial charge >= 0.3 is 12.1 Å². The lowest BCUT2D eigenvalue weighted by atomic mass is 9.97. The molecule has 1 aromatic rings. The third-order valence-corrected chi connectivity index (χ3v) is 2.80. The van der Waals surface area contributed by atoms with Gasteiger partial charge in [0.1, 0.15) is 18.0 Å². The lowest BCUT2D eigenvalue weighted by molar-refractivity contribution is -0.160. The summed E-state index contributed by atoms with van der Waals surface area (Å²) >= 11 is 0. The van der Waals surface area contributed by atoms with Crippen LogP contribution in [0.1, 0.15) is 6.92 Å². The Kier molecular flexibility index (Phi) is 3.71. The molecule has 1 amide bonds. The van der Waals surface area contributed by atoms with E-state index in [1.165, 1.54) is 4.90 Å². The van der Waals surface area contributed by atoms with Crippen LogP contribution < -0.4 is 4.74 Å². The fraction of sp³-hybridized carbons (Fsp3) is 0.385. The quantitative estimate of drug-likeness (QED) is 0.889. The predicted molar refractivity (Wildman–Crippen MR) is 66.0 cm³/mol. The standard InChI is InChI=1S/C13H15NO5/c1-13(18-7-11(15)16)8-14(9-13)12(17)19-10-5-3-2-4-6-10/h2-6H,7-9H2,1H3,(H,15,16). The molecule has 0 aromatic heterocycles. The van der Waals surface area contributed by atoms with E-state index in [2.05, 4.69) is 0 Å². The van der Waals surface area contributed by atoms with Crippen molar-refractivity contribution >= 4 is 12.1 Å². The number of carbonyl (C=O) groups is 2. The number of hydrogen-bond acceptors (Lipinski definition) is 4. The maximum Gasteiger partial charge on any atom is 0.415 e. The molecule has 1 aliphatic rings. The van der Waals surface area contributed by atoms with Gasteiger partial charge in [-0.15, -0.1) is 0 Å². The van der Waals surface area contributed by atoms with E-state index in [1.54, 1.807) is 31.2 Å². The number of nitrogens with zero attached hydrogens (tertiary/aromatic N) is 1. The predicted octanol–water partition coefficient (Wildman–Crippen LogP) is 1.36. The largest absolute Gasteiger partial charge is 0.480 e. The Bertz CT molecular complexity index is 467. The van der Waals surface area contributed by atoms with Crippen LogP contribution in [0.3, 0.4) is 0 Å². The summed E-state index contributed by atoms with van der Waals surface area (Å²) in [5.74, 6) is -0.543. The van der Waals surface area contributed by atoms with Crippen molar-refractivity contribution in [3.63, 3.8) is 0 Å². The molecule has 1 saturated heterocycles. The normalized spacial score (nSPS) is 16.6. The fourth-order valence-electron chi connectivity index (χ4n) is 1.87. The Morgan fingerprint density at radius 2 is 1.95 bits per heavy atom. The number of amides is 1. The van der Waals surface area contributed by atoms with Gasteiger partial charge in [-0.3, -0.25) is 0 Å². The number of ether oxygens (including phenoxy) is 2. The van der Waals surface area contributed by atoms with E-state index < -0.39 is 17.7 Å². The second-order valence-corrected chi connectivity index (χ2v) is 4.67. The lowest BCUT2D eigenvalue weighted by Crippen LogP contribution is -2.64. The third kappa shape index (κ3) is 3.45. The second kappa shape index (κ2) is 5.27. The van der Waals surface area contributed by atoms with Gasteiger partial charge in [0.05, 0.1) is 13.1 Å². The van der Waals surface area contributed by atoms with Crippen LogP contribution in [0.25, 0.3) is 0 Å². The van der Waals surface area contributed by atoms with Crippen molar-refractivity contribution in [3.05, 3.63) is 30.3 Å². The molecule has 1 aliphatic heterocycles. The molecule has 1 heterocycles. The third-order valence-electron chi connectivity index (χ3n) is 2.80. The van der Waals surface area contributed by atoms with Gasteiger partial charge in [-0.05, 0) is 19.1 Å². The average Bonchev–Trinajstić information content (AvgIpc) is 2.34. The van der Waals surface area contributed by atoms with E-state index in [-0.39, 0.29) is 6.61 Å². The first-order valence-corrected chi connectivity index (χ1v) is 5.86. The molecule has 2 rings (SSSR count). The summed E-state index contributed by atoms with van der Waals surface area (Å²) in [7, 11) is 0. The monoisotopic (exact) mass is 265 g/mol. The first-order chi connectivity index (χ1) is 8.98. The highest BCUT2D eigenvalue weighted by Gasteiger charge is 2.43. The van der Waals surface area contributed by atoms with Crippen LogP contribution in [0.2, 0.25) is 0 Å². The molecular weight excluding hydrogens is 250 g/mol. The Morgan fingerprint density at radius 1 is 1.32 bits per heavy atom. The van der Waals surface area contributed by atoms with Gasteiger partial charge in [0.15, 0.2) is 0 Å². The van der Waals surface area contributed by atoms with Crippen molar-refractivity contribution in [2.45, 2.75) is 12.5 Å². The fourth-order valence-corrected chi connectivity index (χ4v) is 1.87. The van der Waals surface area contributed by atoms with Gasteiger partial charge in [0, 0.05) is 0 Å². The summed E-state index contributed by atoms with van der Waals surface area (Å²) in [6, 6.07) is 8.77. The van der Waals surface area contributed by atoms with E-state index in [9.17, 15) is 9.59 Å². The molecule has 6 heteroatoms. The van der Waals surface area contributed by atoms with Gasteiger partial charge in [0.25, 0.3) is 0 Å². The minimum absolute atomic E-state index is 0.325. The molecule has 1 fully saturated rings. The highest BCUT2D eigenvalue weighted by atomic mass is 16.6. The van der Waals surface area contributed by atoms with Crippen LogP contribution in [0, 0.1) is 0 Å². The number of carboxylic acid groups (broad SMARTS) is 1. The smallest absolute Gasteiger partial charge is 0.415 e. The first-order valence-electron chi connectivity index (χ1n) is 5.86. The molecule has 1 aromatic carbocycles. The molecule has 0 radical (unpaired) electrons. The maximum atomic E-state index is 11.8. The molecule has 6 nitrogen and oxygen atoms in total. The molecule has 1 N–H and O–H groups in total. The number of rotatable bonds is 4. The van der Waals surface area contributed by atoms with Crippen LogP contribution in [-0.2, 0) is 9.53 Å². The zero-order valence-electron chi connectivity index (χ0n) is 10.5. The number of likely N-dealkylation sites (tertiary alicyclic amines) is 1. The Hall–Kier alpha value is -2.08. The summed E-state index contributed by atoms with van der Waals surface area (Å²) in [5, 5.41) is 8.54. The van der Waals surface area contributed by atoms with E-state index in [0.29, 0.717) is 18.8 Å². The van der Waals surface area contributed by atoms with Gasteiger partial charge in [0.2, 0.25) is 0 Å². The van der Waals surface area contributed by atoms with Crippen molar-refractivity contribution < 1.29 is 24.2 Å². The summed E-state index contributed by atoms with van der Waals surface area (Å²) in [6.45, 7) is 2.05. The van der Waals surface area contributed by atoms with Crippen LogP contribution in [0.4, 0.5) is 4.79 Å². The van der Waals surface area contributed by atoms with E-state index in [1.807, 2.05) is 6.07 Å². The van der Waals surface area contributed by atoms with E-state index >= 15 is 0 Å². The van der Waals surface area contributed by atoms with Crippen LogP contribution >= 0.6 is 0 Å². The molecular formula is C13H15NO5. The number of para-hydroxylation sites is 1. The molecule has 0 spiro atoms. The van der Waals surface area contributed by atoms with Gasteiger partial charge in [-0.2, -0.15) is 0 Å². The minimum atomic E-state index is -1.02. The summed E-state index contributed by atoms with van der Waals surface area (Å²) in [5.41, 5.74) is -0.603. The molecule has 19 heavy (non-hydrogen) atoms. The van der Waals surface area contributed by atoms with Crippen molar-refractivity contribution in [1.82, 2.24) is 4.90 Å². The molecule has 0 aliphatic carbocycles. The van der Waals surface area contributed by atoms with Gasteiger partial charge in [-0.25, -0.2) is 9.59 Å². The number of benzene rings is 1. The van der Waals surface area contributed by atoms with Crippen molar-refractivity contribution in [2.24, 2.45) is 0 Å². The summed E-state index contributed by atoms with van der Waals surface area (Å²) in [4.78, 5) is 23.6. The Morgan fingerprint density at radius 3 is 2.53 bits per heavy atom. The van der Waals surface area contributed by atoms with Crippen LogP contribution in [0.15, 0.2) is 30.3 Å². The molecule has 102 valence electrons. The number of carboxylic acids is 1. The minimum Gasteiger partial charge on any atom is -0.480 e. The van der Waals surface area contributed by atoms with Crippen molar-refractivity contribution in [3.8, 4) is 5.75 Å². The number of aliphatic carboxylic acids is 1. The van der Waals surface area contributed by atoms with Gasteiger partial charge in [-0.1, -0.05) is 18.2 Å².